The van der Waals surface area contributed by atoms with Crippen molar-refractivity contribution in [1.29, 1.82) is 0 Å². The summed E-state index contributed by atoms with van der Waals surface area (Å²) in [7, 11) is 0. The molecule has 1 aliphatic heterocycles. The Morgan fingerprint density at radius 3 is 2.88 bits per heavy atom. The molecule has 0 spiro atoms. The lowest BCUT2D eigenvalue weighted by Crippen LogP contribution is -2.26. The fraction of sp³-hybridized carbons (Fsp3) is 0.500. The third-order valence-corrected chi connectivity index (χ3v) is 3.10. The predicted octanol–water partition coefficient (Wildman–Crippen LogP) is 0.341. The van der Waals surface area contributed by atoms with Crippen LogP contribution >= 0.6 is 0 Å². The van der Waals surface area contributed by atoms with Crippen molar-refractivity contribution in [2.75, 3.05) is 30.3 Å². The van der Waals surface area contributed by atoms with Gasteiger partial charge in [-0.1, -0.05) is 0 Å². The largest absolute Gasteiger partial charge is 0.399 e. The van der Waals surface area contributed by atoms with Crippen LogP contribution in [0.4, 0.5) is 11.4 Å². The van der Waals surface area contributed by atoms with Gasteiger partial charge in [-0.15, -0.1) is 0 Å². The van der Waals surface area contributed by atoms with Crippen LogP contribution in [0.25, 0.3) is 0 Å². The Morgan fingerprint density at radius 1 is 1.44 bits per heavy atom. The van der Waals surface area contributed by atoms with E-state index in [0.29, 0.717) is 6.42 Å². The van der Waals surface area contributed by atoms with Crippen LogP contribution < -0.4 is 16.4 Å². The SMILES string of the molecule is Nc1ccc(N2CCC(N)C2)cc1CCO. The molecule has 0 aliphatic carbocycles. The quantitative estimate of drug-likeness (QED) is 0.643. The number of aliphatic hydroxyl groups excluding tert-OH is 1. The van der Waals surface area contributed by atoms with Crippen molar-refractivity contribution in [2.45, 2.75) is 18.9 Å². The Balaban J connectivity index is 2.18. The number of nitrogens with two attached hydrogens (primary N) is 2. The molecule has 0 amide bonds. The number of nitrogens with zero attached hydrogens (tertiary/aromatic N) is 1. The summed E-state index contributed by atoms with van der Waals surface area (Å²) in [4.78, 5) is 2.27. The third kappa shape index (κ3) is 2.28. The van der Waals surface area contributed by atoms with Crippen LogP contribution in [-0.2, 0) is 6.42 Å². The van der Waals surface area contributed by atoms with Crippen LogP contribution in [0.1, 0.15) is 12.0 Å². The maximum absolute atomic E-state index is 8.95. The lowest BCUT2D eigenvalue weighted by atomic mass is 10.1. The molecule has 16 heavy (non-hydrogen) atoms. The molecule has 2 rings (SSSR count). The minimum atomic E-state index is 0.132. The molecule has 1 aromatic rings. The van der Waals surface area contributed by atoms with Crippen molar-refractivity contribution < 1.29 is 5.11 Å². The van der Waals surface area contributed by atoms with Gasteiger partial charge in [-0.05, 0) is 36.6 Å². The number of anilines is 2. The van der Waals surface area contributed by atoms with E-state index in [1.807, 2.05) is 12.1 Å². The summed E-state index contributed by atoms with van der Waals surface area (Å²) < 4.78 is 0. The molecule has 1 atom stereocenters. The number of benzene rings is 1. The van der Waals surface area contributed by atoms with Gasteiger partial charge < -0.3 is 21.5 Å². The van der Waals surface area contributed by atoms with Crippen LogP contribution in [0.2, 0.25) is 0 Å². The molecule has 4 heteroatoms. The zero-order valence-electron chi connectivity index (χ0n) is 9.39. The van der Waals surface area contributed by atoms with Crippen LogP contribution in [0.15, 0.2) is 18.2 Å². The average molecular weight is 221 g/mol. The standard InChI is InChI=1S/C12H19N3O/c13-10-3-5-15(8-10)11-1-2-12(14)9(7-11)4-6-16/h1-2,7,10,16H,3-6,8,13-14H2. The van der Waals surface area contributed by atoms with Gasteiger partial charge in [-0.2, -0.15) is 0 Å². The van der Waals surface area contributed by atoms with Crippen LogP contribution in [0.3, 0.4) is 0 Å². The molecule has 5 N–H and O–H groups in total. The minimum absolute atomic E-state index is 0.132. The van der Waals surface area contributed by atoms with E-state index in [-0.39, 0.29) is 12.6 Å². The first-order valence-electron chi connectivity index (χ1n) is 5.70. The van der Waals surface area contributed by atoms with Gasteiger partial charge in [-0.25, -0.2) is 0 Å². The Labute approximate surface area is 95.8 Å². The highest BCUT2D eigenvalue weighted by Gasteiger charge is 2.19. The molecule has 88 valence electrons. The van der Waals surface area contributed by atoms with Gasteiger partial charge in [0.2, 0.25) is 0 Å². The van der Waals surface area contributed by atoms with E-state index in [1.165, 1.54) is 0 Å². The van der Waals surface area contributed by atoms with Gasteiger partial charge in [0.25, 0.3) is 0 Å². The number of hydrogen-bond donors (Lipinski definition) is 3. The summed E-state index contributed by atoms with van der Waals surface area (Å²) >= 11 is 0. The maximum atomic E-state index is 8.95. The van der Waals surface area contributed by atoms with E-state index in [9.17, 15) is 0 Å². The van der Waals surface area contributed by atoms with Gasteiger partial charge in [0.15, 0.2) is 0 Å². The monoisotopic (exact) mass is 221 g/mol. The van der Waals surface area contributed by atoms with Gasteiger partial charge in [0.1, 0.15) is 0 Å². The molecular formula is C12H19N3O. The highest BCUT2D eigenvalue weighted by atomic mass is 16.2. The third-order valence-electron chi connectivity index (χ3n) is 3.10. The van der Waals surface area contributed by atoms with Gasteiger partial charge >= 0.3 is 0 Å². The lowest BCUT2D eigenvalue weighted by molar-refractivity contribution is 0.300. The van der Waals surface area contributed by atoms with Crippen LogP contribution in [-0.4, -0.2) is 30.8 Å². The topological polar surface area (TPSA) is 75.5 Å². The summed E-state index contributed by atoms with van der Waals surface area (Å²) in [6.07, 6.45) is 1.65. The Kier molecular flexibility index (Phi) is 3.31. The van der Waals surface area contributed by atoms with E-state index < -0.39 is 0 Å². The molecule has 1 heterocycles. The Hall–Kier alpha value is -1.26. The smallest absolute Gasteiger partial charge is 0.0472 e. The van der Waals surface area contributed by atoms with E-state index >= 15 is 0 Å². The highest BCUT2D eigenvalue weighted by molar-refractivity contribution is 5.59. The normalized spacial score (nSPS) is 20.4. The Bertz CT molecular complexity index is 367. The number of hydrogen-bond acceptors (Lipinski definition) is 4. The molecule has 1 fully saturated rings. The number of rotatable bonds is 3. The van der Waals surface area contributed by atoms with Crippen molar-refractivity contribution in [3.8, 4) is 0 Å². The number of nitrogen functional groups attached to an aromatic ring is 1. The summed E-state index contributed by atoms with van der Waals surface area (Å²) in [5, 5.41) is 8.95. The summed E-state index contributed by atoms with van der Waals surface area (Å²) in [5.74, 6) is 0. The highest BCUT2D eigenvalue weighted by Crippen LogP contribution is 2.24. The van der Waals surface area contributed by atoms with Crippen LogP contribution in [0, 0.1) is 0 Å². The van der Waals surface area contributed by atoms with Crippen LogP contribution in [0.5, 0.6) is 0 Å². The molecular weight excluding hydrogens is 202 g/mol. The number of aliphatic hydroxyl groups is 1. The fourth-order valence-electron chi connectivity index (χ4n) is 2.15. The molecule has 0 aromatic heterocycles. The molecule has 0 saturated carbocycles. The molecule has 0 radical (unpaired) electrons. The van der Waals surface area contributed by atoms with Crippen molar-refractivity contribution in [3.63, 3.8) is 0 Å². The zero-order chi connectivity index (χ0) is 11.5. The van der Waals surface area contributed by atoms with Gasteiger partial charge in [0, 0.05) is 37.1 Å². The summed E-state index contributed by atoms with van der Waals surface area (Å²) in [6.45, 7) is 2.04. The zero-order valence-corrected chi connectivity index (χ0v) is 9.39. The van der Waals surface area contributed by atoms with Gasteiger partial charge in [0.05, 0.1) is 0 Å². The second kappa shape index (κ2) is 4.72. The summed E-state index contributed by atoms with van der Waals surface area (Å²) in [5.41, 5.74) is 14.7. The minimum Gasteiger partial charge on any atom is -0.399 e. The molecule has 1 aliphatic rings. The van der Waals surface area contributed by atoms with E-state index in [1.54, 1.807) is 0 Å². The molecule has 1 saturated heterocycles. The maximum Gasteiger partial charge on any atom is 0.0472 e. The second-order valence-electron chi connectivity index (χ2n) is 4.35. The lowest BCUT2D eigenvalue weighted by Gasteiger charge is -2.19. The van der Waals surface area contributed by atoms with E-state index in [0.717, 1.165) is 36.4 Å². The van der Waals surface area contributed by atoms with Crippen molar-refractivity contribution in [3.05, 3.63) is 23.8 Å². The first-order valence-corrected chi connectivity index (χ1v) is 5.70. The fourth-order valence-corrected chi connectivity index (χ4v) is 2.15. The Morgan fingerprint density at radius 2 is 2.25 bits per heavy atom. The van der Waals surface area contributed by atoms with Crippen molar-refractivity contribution >= 4 is 11.4 Å². The molecule has 1 unspecified atom stereocenters. The van der Waals surface area contributed by atoms with Crippen molar-refractivity contribution in [2.24, 2.45) is 5.73 Å². The van der Waals surface area contributed by atoms with E-state index in [2.05, 4.69) is 11.0 Å². The second-order valence-corrected chi connectivity index (χ2v) is 4.35. The summed E-state index contributed by atoms with van der Waals surface area (Å²) in [6, 6.07) is 6.26. The average Bonchev–Trinajstić information content (AvgIpc) is 2.69. The van der Waals surface area contributed by atoms with Crippen molar-refractivity contribution in [1.82, 2.24) is 0 Å². The first kappa shape index (κ1) is 11.2. The van der Waals surface area contributed by atoms with Gasteiger partial charge in [-0.3, -0.25) is 0 Å². The molecule has 1 aromatic carbocycles. The molecule has 0 bridgehead atoms. The molecule has 4 nitrogen and oxygen atoms in total. The predicted molar refractivity (Wildman–Crippen MR) is 66.4 cm³/mol. The first-order chi connectivity index (χ1) is 7.70. The van der Waals surface area contributed by atoms with E-state index in [4.69, 9.17) is 16.6 Å².